The number of hydrogen-bond donors (Lipinski definition) is 1. The van der Waals surface area contributed by atoms with Gasteiger partial charge in [-0.3, -0.25) is 19.7 Å². The van der Waals surface area contributed by atoms with E-state index in [0.717, 1.165) is 4.90 Å². The summed E-state index contributed by atoms with van der Waals surface area (Å²) < 4.78 is 0. The molecule has 1 amide bonds. The van der Waals surface area contributed by atoms with Crippen molar-refractivity contribution in [3.8, 4) is 0 Å². The van der Waals surface area contributed by atoms with Crippen LogP contribution in [0.15, 0.2) is 58.3 Å². The molecule has 1 aliphatic heterocycles. The lowest BCUT2D eigenvalue weighted by molar-refractivity contribution is -0.384. The lowest BCUT2D eigenvalue weighted by Crippen LogP contribution is -2.30. The van der Waals surface area contributed by atoms with Crippen LogP contribution in [-0.4, -0.2) is 39.9 Å². The number of non-ortho nitro benzene ring substituents is 1. The van der Waals surface area contributed by atoms with E-state index in [1.54, 1.807) is 13.0 Å². The number of carboxylic acids is 1. The molecule has 0 saturated carbocycles. The first kappa shape index (κ1) is 18.9. The maximum absolute atomic E-state index is 13.0. The van der Waals surface area contributed by atoms with Gasteiger partial charge in [-0.05, 0) is 24.1 Å². The molecule has 2 aromatic carbocycles. The smallest absolute Gasteiger partial charge is 0.308 e. The molecule has 1 saturated heterocycles. The van der Waals surface area contributed by atoms with Gasteiger partial charge in [0.05, 0.1) is 16.4 Å². The molecule has 0 unspecified atom stereocenters. The van der Waals surface area contributed by atoms with Gasteiger partial charge < -0.3 is 10.0 Å². The maximum atomic E-state index is 13.0. The normalized spacial score (nSPS) is 19.1. The third-order valence-electron chi connectivity index (χ3n) is 4.59. The first-order valence-corrected chi connectivity index (χ1v) is 9.22. The molecular formula is C19H18N2O5S. The summed E-state index contributed by atoms with van der Waals surface area (Å²) in [6.07, 6.45) is 0. The maximum Gasteiger partial charge on any atom is 0.308 e. The Bertz CT molecular complexity index is 887. The molecule has 0 aliphatic carbocycles. The minimum atomic E-state index is -0.935. The van der Waals surface area contributed by atoms with Crippen LogP contribution < -0.4 is 0 Å². The second kappa shape index (κ2) is 7.79. The quantitative estimate of drug-likeness (QED) is 0.623. The summed E-state index contributed by atoms with van der Waals surface area (Å²) >= 11 is 1.34. The first-order chi connectivity index (χ1) is 12.9. The monoisotopic (exact) mass is 386 g/mol. The number of nitro benzene ring substituents is 1. The van der Waals surface area contributed by atoms with Crippen molar-refractivity contribution in [3.05, 3.63) is 64.2 Å². The van der Waals surface area contributed by atoms with Gasteiger partial charge in [0.25, 0.3) is 11.6 Å². The molecule has 1 N–H and O–H groups in total. The van der Waals surface area contributed by atoms with E-state index in [4.69, 9.17) is 0 Å². The standard InChI is InChI=1S/C19H18N2O5S/c1-12-10-20(11-16(12)19(23)24)18(22)15-9-13(21(25)26)7-8-17(15)27-14-5-3-2-4-6-14/h2-9,12,16H,10-11H2,1H3,(H,23,24)/t12-,16-/m1/s1. The van der Waals surface area contributed by atoms with Crippen LogP contribution in [0.3, 0.4) is 0 Å². The number of aliphatic carboxylic acids is 1. The van der Waals surface area contributed by atoms with E-state index in [9.17, 15) is 24.8 Å². The zero-order chi connectivity index (χ0) is 19.6. The molecule has 0 spiro atoms. The number of likely N-dealkylation sites (tertiary alicyclic amines) is 1. The van der Waals surface area contributed by atoms with E-state index in [1.807, 2.05) is 30.3 Å². The summed E-state index contributed by atoms with van der Waals surface area (Å²) in [5, 5.41) is 20.4. The Morgan fingerprint density at radius 3 is 2.48 bits per heavy atom. The van der Waals surface area contributed by atoms with Gasteiger partial charge in [-0.2, -0.15) is 0 Å². The van der Waals surface area contributed by atoms with E-state index in [-0.39, 0.29) is 29.6 Å². The fourth-order valence-corrected chi connectivity index (χ4v) is 4.07. The highest BCUT2D eigenvalue weighted by atomic mass is 32.2. The van der Waals surface area contributed by atoms with Gasteiger partial charge >= 0.3 is 5.97 Å². The van der Waals surface area contributed by atoms with Gasteiger partial charge in [0.2, 0.25) is 0 Å². The zero-order valence-electron chi connectivity index (χ0n) is 14.6. The van der Waals surface area contributed by atoms with E-state index in [2.05, 4.69) is 0 Å². The summed E-state index contributed by atoms with van der Waals surface area (Å²) in [7, 11) is 0. The predicted molar refractivity (Wildman–Crippen MR) is 99.9 cm³/mol. The highest BCUT2D eigenvalue weighted by Crippen LogP contribution is 2.34. The molecule has 1 heterocycles. The van der Waals surface area contributed by atoms with Gasteiger partial charge in [0.15, 0.2) is 0 Å². The van der Waals surface area contributed by atoms with Crippen LogP contribution in [0.4, 0.5) is 5.69 Å². The van der Waals surface area contributed by atoms with Crippen molar-refractivity contribution < 1.29 is 19.6 Å². The highest BCUT2D eigenvalue weighted by Gasteiger charge is 2.38. The number of amides is 1. The fourth-order valence-electron chi connectivity index (χ4n) is 3.13. The number of hydrogen-bond acceptors (Lipinski definition) is 5. The van der Waals surface area contributed by atoms with Crippen LogP contribution in [-0.2, 0) is 4.79 Å². The van der Waals surface area contributed by atoms with E-state index in [0.29, 0.717) is 11.4 Å². The van der Waals surface area contributed by atoms with Crippen LogP contribution in [0, 0.1) is 22.0 Å². The Morgan fingerprint density at radius 2 is 1.89 bits per heavy atom. The van der Waals surface area contributed by atoms with Gasteiger partial charge in [-0.1, -0.05) is 36.9 Å². The molecule has 0 radical (unpaired) electrons. The van der Waals surface area contributed by atoms with Gasteiger partial charge in [-0.15, -0.1) is 0 Å². The minimum absolute atomic E-state index is 0.105. The average Bonchev–Trinajstić information content (AvgIpc) is 3.04. The molecule has 2 aromatic rings. The molecule has 0 bridgehead atoms. The molecular weight excluding hydrogens is 368 g/mol. The van der Waals surface area contributed by atoms with Crippen molar-refractivity contribution in [2.45, 2.75) is 16.7 Å². The van der Waals surface area contributed by atoms with Crippen molar-refractivity contribution in [1.82, 2.24) is 4.90 Å². The predicted octanol–water partition coefficient (Wildman–Crippen LogP) is 3.54. The minimum Gasteiger partial charge on any atom is -0.481 e. The largest absolute Gasteiger partial charge is 0.481 e. The topological polar surface area (TPSA) is 101 Å². The van der Waals surface area contributed by atoms with Crippen LogP contribution in [0.1, 0.15) is 17.3 Å². The van der Waals surface area contributed by atoms with Crippen molar-refractivity contribution in [2.75, 3.05) is 13.1 Å². The fraction of sp³-hybridized carbons (Fsp3) is 0.263. The van der Waals surface area contributed by atoms with Crippen LogP contribution >= 0.6 is 11.8 Å². The molecule has 1 fully saturated rings. The number of nitro groups is 1. The lowest BCUT2D eigenvalue weighted by Gasteiger charge is -2.18. The number of rotatable bonds is 5. The Kier molecular flexibility index (Phi) is 5.46. The van der Waals surface area contributed by atoms with Gasteiger partial charge in [0, 0.05) is 35.0 Å². The molecule has 2 atom stereocenters. The summed E-state index contributed by atoms with van der Waals surface area (Å²) in [6.45, 7) is 2.21. The molecule has 8 heteroatoms. The zero-order valence-corrected chi connectivity index (χ0v) is 15.4. The second-order valence-electron chi connectivity index (χ2n) is 6.48. The first-order valence-electron chi connectivity index (χ1n) is 8.40. The molecule has 3 rings (SSSR count). The number of benzene rings is 2. The Hall–Kier alpha value is -2.87. The molecule has 1 aliphatic rings. The van der Waals surface area contributed by atoms with E-state index in [1.165, 1.54) is 28.8 Å². The molecule has 140 valence electrons. The SMILES string of the molecule is C[C@@H]1CN(C(=O)c2cc([N+](=O)[O-])ccc2Sc2ccccc2)C[C@H]1C(=O)O. The lowest BCUT2D eigenvalue weighted by atomic mass is 9.99. The third kappa shape index (κ3) is 4.11. The second-order valence-corrected chi connectivity index (χ2v) is 7.60. The molecule has 7 nitrogen and oxygen atoms in total. The van der Waals surface area contributed by atoms with Gasteiger partial charge in [-0.25, -0.2) is 0 Å². The van der Waals surface area contributed by atoms with Crippen molar-refractivity contribution in [2.24, 2.45) is 11.8 Å². The number of carboxylic acid groups (broad SMARTS) is 1. The van der Waals surface area contributed by atoms with Crippen LogP contribution in [0.25, 0.3) is 0 Å². The molecule has 27 heavy (non-hydrogen) atoms. The van der Waals surface area contributed by atoms with E-state index < -0.39 is 16.8 Å². The van der Waals surface area contributed by atoms with Crippen molar-refractivity contribution in [3.63, 3.8) is 0 Å². The summed E-state index contributed by atoms with van der Waals surface area (Å²) in [4.78, 5) is 38.0. The Morgan fingerprint density at radius 1 is 1.19 bits per heavy atom. The Balaban J connectivity index is 1.94. The highest BCUT2D eigenvalue weighted by molar-refractivity contribution is 7.99. The Labute approximate surface area is 160 Å². The summed E-state index contributed by atoms with van der Waals surface area (Å²) in [6, 6.07) is 13.6. The number of carbonyl (C=O) groups is 2. The average molecular weight is 386 g/mol. The number of carbonyl (C=O) groups excluding carboxylic acids is 1. The van der Waals surface area contributed by atoms with Crippen molar-refractivity contribution >= 4 is 29.3 Å². The van der Waals surface area contributed by atoms with Crippen LogP contribution in [0.5, 0.6) is 0 Å². The van der Waals surface area contributed by atoms with Crippen LogP contribution in [0.2, 0.25) is 0 Å². The third-order valence-corrected chi connectivity index (χ3v) is 5.68. The van der Waals surface area contributed by atoms with E-state index >= 15 is 0 Å². The van der Waals surface area contributed by atoms with Crippen molar-refractivity contribution in [1.29, 1.82) is 0 Å². The summed E-state index contributed by atoms with van der Waals surface area (Å²) in [5.74, 6) is -2.11. The van der Waals surface area contributed by atoms with Gasteiger partial charge in [0.1, 0.15) is 0 Å². The summed E-state index contributed by atoms with van der Waals surface area (Å²) in [5.41, 5.74) is 0.0501. The molecule has 0 aromatic heterocycles. The number of nitrogens with zero attached hydrogens (tertiary/aromatic N) is 2.